The molecule has 9 heteroatoms. The number of rotatable bonds is 7. The number of aromatic amines is 1. The molecule has 2 aliphatic heterocycles. The molecule has 172 valence electrons. The maximum absolute atomic E-state index is 12.7. The largest absolute Gasteiger partial charge is 0.376 e. The van der Waals surface area contributed by atoms with Gasteiger partial charge < -0.3 is 9.72 Å². The summed E-state index contributed by atoms with van der Waals surface area (Å²) in [6, 6.07) is 15.1. The van der Waals surface area contributed by atoms with Gasteiger partial charge in [-0.2, -0.15) is 0 Å². The molecule has 0 spiro atoms. The van der Waals surface area contributed by atoms with E-state index in [0.717, 1.165) is 46.9 Å². The Balaban J connectivity index is 1.24. The van der Waals surface area contributed by atoms with Crippen LogP contribution in [0.15, 0.2) is 59.9 Å². The van der Waals surface area contributed by atoms with Crippen LogP contribution in [0, 0.1) is 0 Å². The second kappa shape index (κ2) is 8.73. The van der Waals surface area contributed by atoms with Crippen LogP contribution < -0.4 is 0 Å². The second-order valence-electron chi connectivity index (χ2n) is 8.46. The molecular weight excluding hydrogens is 450 g/mol. The number of hydrogen-bond acceptors (Lipinski definition) is 6. The minimum Gasteiger partial charge on any atom is -0.376 e. The first kappa shape index (κ1) is 21.1. The Hall–Kier alpha value is -3.43. The topological polar surface area (TPSA) is 93.1 Å². The number of carbonyl (C=O) groups is 2. The number of amides is 2. The van der Waals surface area contributed by atoms with E-state index in [1.807, 2.05) is 24.4 Å². The van der Waals surface area contributed by atoms with E-state index in [2.05, 4.69) is 25.8 Å². The van der Waals surface area contributed by atoms with E-state index in [9.17, 15) is 9.59 Å². The summed E-state index contributed by atoms with van der Waals surface area (Å²) in [6.45, 7) is 1.75. The van der Waals surface area contributed by atoms with E-state index in [1.54, 1.807) is 24.3 Å². The van der Waals surface area contributed by atoms with Crippen LogP contribution in [0.25, 0.3) is 22.3 Å². The van der Waals surface area contributed by atoms with Crippen molar-refractivity contribution in [3.63, 3.8) is 0 Å². The molecule has 0 saturated carbocycles. The number of thioether (sulfide) groups is 1. The zero-order valence-electron chi connectivity index (χ0n) is 18.4. The maximum Gasteiger partial charge on any atom is 0.261 e. The summed E-state index contributed by atoms with van der Waals surface area (Å²) in [7, 11) is 0. The summed E-state index contributed by atoms with van der Waals surface area (Å²) in [4.78, 5) is 30.0. The summed E-state index contributed by atoms with van der Waals surface area (Å²) < 4.78 is 8.01. The smallest absolute Gasteiger partial charge is 0.261 e. The van der Waals surface area contributed by atoms with Crippen molar-refractivity contribution in [3.8, 4) is 11.4 Å². The highest BCUT2D eigenvalue weighted by Gasteiger charge is 2.34. The van der Waals surface area contributed by atoms with Crippen molar-refractivity contribution in [2.24, 2.45) is 0 Å². The number of fused-ring (bicyclic) bond motifs is 2. The quantitative estimate of drug-likeness (QED) is 0.322. The summed E-state index contributed by atoms with van der Waals surface area (Å²) in [5.74, 6) is 0.849. The maximum atomic E-state index is 12.7. The molecule has 2 amide bonds. The van der Waals surface area contributed by atoms with Gasteiger partial charge in [0.1, 0.15) is 0 Å². The van der Waals surface area contributed by atoms with Crippen molar-refractivity contribution in [2.45, 2.75) is 30.6 Å². The van der Waals surface area contributed by atoms with Crippen LogP contribution in [-0.4, -0.2) is 61.5 Å². The molecule has 2 aromatic carbocycles. The van der Waals surface area contributed by atoms with Crippen LogP contribution >= 0.6 is 11.8 Å². The number of nitrogens with one attached hydrogen (secondary N) is 1. The Kier molecular flexibility index (Phi) is 5.43. The Morgan fingerprint density at radius 2 is 1.76 bits per heavy atom. The van der Waals surface area contributed by atoms with Crippen molar-refractivity contribution in [1.82, 2.24) is 24.6 Å². The third-order valence-corrected chi connectivity index (χ3v) is 7.33. The second-order valence-corrected chi connectivity index (χ2v) is 9.52. The number of hydrogen-bond donors (Lipinski definition) is 1. The zero-order valence-corrected chi connectivity index (χ0v) is 19.3. The average Bonchev–Trinajstić information content (AvgIpc) is 3.65. The van der Waals surface area contributed by atoms with E-state index < -0.39 is 0 Å². The van der Waals surface area contributed by atoms with Gasteiger partial charge in [-0.25, -0.2) is 0 Å². The first-order valence-corrected chi connectivity index (χ1v) is 12.4. The number of para-hydroxylation sites is 1. The van der Waals surface area contributed by atoms with E-state index in [4.69, 9.17) is 4.74 Å². The highest BCUT2D eigenvalue weighted by molar-refractivity contribution is 7.99. The zero-order chi connectivity index (χ0) is 23.1. The van der Waals surface area contributed by atoms with Gasteiger partial charge in [-0.1, -0.05) is 42.1 Å². The summed E-state index contributed by atoms with van der Waals surface area (Å²) in [6.07, 6.45) is 4.14. The fourth-order valence-corrected chi connectivity index (χ4v) is 5.55. The fourth-order valence-electron chi connectivity index (χ4n) is 4.68. The first-order valence-electron chi connectivity index (χ1n) is 11.4. The third-order valence-electron chi connectivity index (χ3n) is 6.38. The van der Waals surface area contributed by atoms with Crippen molar-refractivity contribution in [2.75, 3.05) is 18.9 Å². The Morgan fingerprint density at radius 1 is 1.00 bits per heavy atom. The molecule has 6 rings (SSSR count). The number of ether oxygens (including phenoxy) is 1. The monoisotopic (exact) mass is 473 g/mol. The third kappa shape index (κ3) is 3.61. The molecule has 1 atom stereocenters. The fraction of sp³-hybridized carbons (Fsp3) is 0.280. The van der Waals surface area contributed by atoms with Crippen LogP contribution in [0.5, 0.6) is 0 Å². The molecule has 0 bridgehead atoms. The molecule has 0 radical (unpaired) electrons. The lowest BCUT2D eigenvalue weighted by Gasteiger charge is -2.16. The van der Waals surface area contributed by atoms with Gasteiger partial charge in [0, 0.05) is 41.6 Å². The van der Waals surface area contributed by atoms with Gasteiger partial charge in [-0.3, -0.25) is 19.1 Å². The molecule has 1 N–H and O–H groups in total. The predicted molar refractivity (Wildman–Crippen MR) is 129 cm³/mol. The molecule has 4 aromatic rings. The van der Waals surface area contributed by atoms with Gasteiger partial charge >= 0.3 is 0 Å². The Bertz CT molecular complexity index is 1350. The van der Waals surface area contributed by atoms with Crippen LogP contribution in [-0.2, 0) is 11.3 Å². The van der Waals surface area contributed by atoms with Crippen molar-refractivity contribution < 1.29 is 14.3 Å². The van der Waals surface area contributed by atoms with Gasteiger partial charge in [0.2, 0.25) is 0 Å². The highest BCUT2D eigenvalue weighted by Crippen LogP contribution is 2.31. The highest BCUT2D eigenvalue weighted by atomic mass is 32.2. The van der Waals surface area contributed by atoms with Gasteiger partial charge in [0.25, 0.3) is 11.8 Å². The number of benzene rings is 2. The number of nitrogens with zero attached hydrogens (tertiary/aromatic N) is 4. The van der Waals surface area contributed by atoms with E-state index in [0.29, 0.717) is 30.0 Å². The van der Waals surface area contributed by atoms with E-state index in [-0.39, 0.29) is 17.9 Å². The summed E-state index contributed by atoms with van der Waals surface area (Å²) in [5.41, 5.74) is 2.98. The molecule has 1 fully saturated rings. The molecule has 1 saturated heterocycles. The van der Waals surface area contributed by atoms with Gasteiger partial charge in [0.05, 0.1) is 23.8 Å². The van der Waals surface area contributed by atoms with Crippen LogP contribution in [0.2, 0.25) is 0 Å². The van der Waals surface area contributed by atoms with Crippen LogP contribution in [0.3, 0.4) is 0 Å². The minimum absolute atomic E-state index is 0.121. The van der Waals surface area contributed by atoms with Gasteiger partial charge in [-0.15, -0.1) is 10.2 Å². The molecule has 4 heterocycles. The molecule has 2 aromatic heterocycles. The molecular formula is C25H23N5O3S. The molecule has 34 heavy (non-hydrogen) atoms. The van der Waals surface area contributed by atoms with E-state index >= 15 is 0 Å². The lowest BCUT2D eigenvalue weighted by Crippen LogP contribution is -2.31. The Labute approximate surface area is 200 Å². The average molecular weight is 474 g/mol. The Morgan fingerprint density at radius 3 is 2.53 bits per heavy atom. The standard InChI is InChI=1S/C25H23N5O3S/c31-23-18-8-1-2-9-19(18)24(32)29(23)11-13-34-25-28-27-22(30(25)15-16-6-5-12-33-16)20-14-26-21-10-4-3-7-17(20)21/h1-4,7-10,14,16,26H,5-6,11-13,15H2. The van der Waals surface area contributed by atoms with Gasteiger partial charge in [0.15, 0.2) is 11.0 Å². The summed E-state index contributed by atoms with van der Waals surface area (Å²) in [5, 5.41) is 10.9. The lowest BCUT2D eigenvalue weighted by molar-refractivity contribution is 0.0664. The van der Waals surface area contributed by atoms with Crippen LogP contribution in [0.4, 0.5) is 0 Å². The van der Waals surface area contributed by atoms with E-state index in [1.165, 1.54) is 16.7 Å². The number of imide groups is 1. The predicted octanol–water partition coefficient (Wildman–Crippen LogP) is 3.99. The SMILES string of the molecule is O=C1c2ccccc2C(=O)N1CCSc1nnc(-c2c[nH]c3ccccc23)n1CC1CCCO1. The number of H-pyrrole nitrogens is 1. The number of aromatic nitrogens is 4. The molecule has 0 aliphatic carbocycles. The van der Waals surface area contributed by atoms with Gasteiger partial charge in [-0.05, 0) is 31.0 Å². The molecule has 8 nitrogen and oxygen atoms in total. The van der Waals surface area contributed by atoms with Crippen molar-refractivity contribution in [1.29, 1.82) is 0 Å². The molecule has 2 aliphatic rings. The van der Waals surface area contributed by atoms with Crippen molar-refractivity contribution in [3.05, 3.63) is 65.9 Å². The minimum atomic E-state index is -0.235. The molecule has 1 unspecified atom stereocenters. The summed E-state index contributed by atoms with van der Waals surface area (Å²) >= 11 is 1.50. The lowest BCUT2D eigenvalue weighted by atomic mass is 10.1. The first-order chi connectivity index (χ1) is 16.7. The van der Waals surface area contributed by atoms with Crippen LogP contribution in [0.1, 0.15) is 33.6 Å². The number of carbonyl (C=O) groups excluding carboxylic acids is 2. The van der Waals surface area contributed by atoms with Crippen molar-refractivity contribution >= 4 is 34.5 Å². The normalized spacial score (nSPS) is 17.8.